The highest BCUT2D eigenvalue weighted by atomic mass is 16.5. The number of amides is 1. The van der Waals surface area contributed by atoms with E-state index in [9.17, 15) is 19.8 Å². The van der Waals surface area contributed by atoms with Crippen LogP contribution >= 0.6 is 0 Å². The van der Waals surface area contributed by atoms with E-state index in [1.807, 2.05) is 6.08 Å². The summed E-state index contributed by atoms with van der Waals surface area (Å²) in [5.41, 5.74) is 0. The maximum Gasteiger partial charge on any atom is 0.305 e. The van der Waals surface area contributed by atoms with Crippen molar-refractivity contribution in [2.24, 2.45) is 0 Å². The Morgan fingerprint density at radius 1 is 0.355 bits per heavy atom. The molecule has 76 heavy (non-hydrogen) atoms. The lowest BCUT2D eigenvalue weighted by Crippen LogP contribution is -2.45. The molecular weight excluding hydrogens is 935 g/mol. The number of hydrogen-bond donors (Lipinski definition) is 3. The van der Waals surface area contributed by atoms with Gasteiger partial charge in [0.25, 0.3) is 0 Å². The van der Waals surface area contributed by atoms with Crippen molar-refractivity contribution in [1.82, 2.24) is 5.32 Å². The van der Waals surface area contributed by atoms with Crippen LogP contribution in [0.2, 0.25) is 0 Å². The van der Waals surface area contributed by atoms with Crippen LogP contribution in [0.5, 0.6) is 0 Å². The highest BCUT2D eigenvalue weighted by Crippen LogP contribution is 2.19. The van der Waals surface area contributed by atoms with Gasteiger partial charge in [0, 0.05) is 12.8 Å². The molecule has 0 saturated heterocycles. The summed E-state index contributed by atoms with van der Waals surface area (Å²) in [5, 5.41) is 23.2. The minimum absolute atomic E-state index is 0.0146. The molecule has 0 aromatic heterocycles. The van der Waals surface area contributed by atoms with Gasteiger partial charge in [-0.3, -0.25) is 9.59 Å². The number of hydrogen-bond acceptors (Lipinski definition) is 5. The lowest BCUT2D eigenvalue weighted by atomic mass is 10.0. The first kappa shape index (κ1) is 74.3. The maximum absolute atomic E-state index is 12.5. The minimum atomic E-state index is -0.842. The first-order chi connectivity index (χ1) is 37.5. The van der Waals surface area contributed by atoms with Crippen molar-refractivity contribution in [2.45, 2.75) is 398 Å². The molecule has 0 heterocycles. The smallest absolute Gasteiger partial charge is 0.305 e. The second-order valence-corrected chi connectivity index (χ2v) is 23.9. The van der Waals surface area contributed by atoms with E-state index in [2.05, 4.69) is 31.3 Å². The van der Waals surface area contributed by atoms with E-state index in [4.69, 9.17) is 4.74 Å². The fourth-order valence-electron chi connectivity index (χ4n) is 10.9. The molecule has 0 aliphatic carbocycles. The number of aliphatic hydroxyl groups is 2. The molecule has 0 aromatic rings. The zero-order chi connectivity index (χ0) is 55.0. The number of aliphatic hydroxyl groups excluding tert-OH is 2. The number of esters is 1. The summed E-state index contributed by atoms with van der Waals surface area (Å²) < 4.78 is 5.51. The van der Waals surface area contributed by atoms with E-state index in [0.717, 1.165) is 44.9 Å². The first-order valence-corrected chi connectivity index (χ1v) is 34.6. The molecule has 1 amide bonds. The van der Waals surface area contributed by atoms with E-state index >= 15 is 0 Å². The Labute approximate surface area is 475 Å². The van der Waals surface area contributed by atoms with Gasteiger partial charge < -0.3 is 20.3 Å². The fourth-order valence-corrected chi connectivity index (χ4v) is 10.9. The second-order valence-electron chi connectivity index (χ2n) is 23.9. The predicted molar refractivity (Wildman–Crippen MR) is 333 cm³/mol. The van der Waals surface area contributed by atoms with Crippen LogP contribution in [-0.4, -0.2) is 47.4 Å². The van der Waals surface area contributed by atoms with Crippen molar-refractivity contribution in [1.29, 1.82) is 0 Å². The molecule has 450 valence electrons. The zero-order valence-electron chi connectivity index (χ0n) is 51.5. The number of rotatable bonds is 65. The Kier molecular flexibility index (Phi) is 64.4. The number of carbonyl (C=O) groups excluding carboxylic acids is 2. The van der Waals surface area contributed by atoms with Crippen LogP contribution in [0, 0.1) is 0 Å². The monoisotopic (exact) mass is 1070 g/mol. The number of allylic oxidation sites excluding steroid dienone is 3. The number of ether oxygens (including phenoxy) is 1. The van der Waals surface area contributed by atoms with Gasteiger partial charge in [-0.1, -0.05) is 340 Å². The third-order valence-corrected chi connectivity index (χ3v) is 16.2. The summed E-state index contributed by atoms with van der Waals surface area (Å²) in [7, 11) is 0. The fraction of sp³-hybridized carbons (Fsp3) is 0.914. The van der Waals surface area contributed by atoms with Crippen molar-refractivity contribution < 1.29 is 24.5 Å². The Balaban J connectivity index is 3.35. The van der Waals surface area contributed by atoms with E-state index in [1.54, 1.807) is 6.08 Å². The summed E-state index contributed by atoms with van der Waals surface area (Å²) in [4.78, 5) is 24.6. The maximum atomic E-state index is 12.5. The average Bonchev–Trinajstić information content (AvgIpc) is 3.42. The summed E-state index contributed by atoms with van der Waals surface area (Å²) in [6, 6.07) is -0.626. The minimum Gasteiger partial charge on any atom is -0.466 e. The molecule has 3 N–H and O–H groups in total. The summed E-state index contributed by atoms with van der Waals surface area (Å²) in [6.07, 6.45) is 82.5. The van der Waals surface area contributed by atoms with Crippen molar-refractivity contribution in [2.75, 3.05) is 13.2 Å². The third-order valence-electron chi connectivity index (χ3n) is 16.2. The lowest BCUT2D eigenvalue weighted by molar-refractivity contribution is -0.143. The summed E-state index contributed by atoms with van der Waals surface area (Å²) in [6.45, 7) is 4.93. The molecule has 0 aliphatic heterocycles. The van der Waals surface area contributed by atoms with Gasteiger partial charge in [-0.25, -0.2) is 0 Å². The largest absolute Gasteiger partial charge is 0.466 e. The Hall–Kier alpha value is -1.66. The second kappa shape index (κ2) is 65.9. The average molecular weight is 1070 g/mol. The standard InChI is InChI=1S/C70H135NO5/c1-3-5-7-9-11-13-15-17-19-20-32-36-40-44-48-52-56-60-64-70(75)76-65-61-57-53-49-45-41-37-33-30-28-26-24-22-21-23-25-27-29-31-35-39-43-47-51-55-59-63-69(74)71-67(66-72)68(73)62-58-54-50-46-42-38-34-18-16-14-12-10-8-6-4-2/h19-20,58,62,67-68,72-73H,3-18,21-57,59-61,63-66H2,1-2H3,(H,71,74)/b20-19-,62-58+. The topological polar surface area (TPSA) is 95.9 Å². The molecule has 0 saturated carbocycles. The van der Waals surface area contributed by atoms with E-state index in [1.165, 1.54) is 315 Å². The molecule has 0 bridgehead atoms. The van der Waals surface area contributed by atoms with Gasteiger partial charge in [-0.05, 0) is 57.8 Å². The predicted octanol–water partition coefficient (Wildman–Crippen LogP) is 22.1. The Bertz CT molecular complexity index is 1190. The van der Waals surface area contributed by atoms with Crippen LogP contribution in [0.1, 0.15) is 386 Å². The van der Waals surface area contributed by atoms with Gasteiger partial charge in [0.1, 0.15) is 0 Å². The van der Waals surface area contributed by atoms with Gasteiger partial charge >= 0.3 is 5.97 Å². The van der Waals surface area contributed by atoms with Gasteiger partial charge in [0.15, 0.2) is 0 Å². The van der Waals surface area contributed by atoms with Gasteiger partial charge in [-0.2, -0.15) is 0 Å². The van der Waals surface area contributed by atoms with Crippen LogP contribution in [0.25, 0.3) is 0 Å². The van der Waals surface area contributed by atoms with Gasteiger partial charge in [-0.15, -0.1) is 0 Å². The molecule has 0 spiro atoms. The van der Waals surface area contributed by atoms with Crippen molar-refractivity contribution in [3.05, 3.63) is 24.3 Å². The summed E-state index contributed by atoms with van der Waals surface area (Å²) >= 11 is 0. The number of carbonyl (C=O) groups is 2. The van der Waals surface area contributed by atoms with E-state index < -0.39 is 12.1 Å². The van der Waals surface area contributed by atoms with Gasteiger partial charge in [0.05, 0.1) is 25.4 Å². The summed E-state index contributed by atoms with van der Waals surface area (Å²) in [5.74, 6) is -0.0488. The number of nitrogens with one attached hydrogen (secondary N) is 1. The molecule has 0 radical (unpaired) electrons. The first-order valence-electron chi connectivity index (χ1n) is 34.6. The van der Waals surface area contributed by atoms with E-state index in [0.29, 0.717) is 19.4 Å². The molecule has 0 rings (SSSR count). The molecule has 2 atom stereocenters. The lowest BCUT2D eigenvalue weighted by Gasteiger charge is -2.20. The highest BCUT2D eigenvalue weighted by Gasteiger charge is 2.18. The van der Waals surface area contributed by atoms with Crippen LogP contribution in [0.4, 0.5) is 0 Å². The third kappa shape index (κ3) is 61.6. The number of unbranched alkanes of at least 4 members (excludes halogenated alkanes) is 52. The Morgan fingerprint density at radius 3 is 0.934 bits per heavy atom. The molecule has 0 aliphatic rings. The van der Waals surface area contributed by atoms with Crippen molar-refractivity contribution in [3.8, 4) is 0 Å². The normalized spacial score (nSPS) is 12.6. The quantitative estimate of drug-likeness (QED) is 0.0320. The van der Waals surface area contributed by atoms with Crippen LogP contribution in [0.3, 0.4) is 0 Å². The van der Waals surface area contributed by atoms with Gasteiger partial charge in [0.2, 0.25) is 5.91 Å². The highest BCUT2D eigenvalue weighted by molar-refractivity contribution is 5.76. The van der Waals surface area contributed by atoms with Crippen molar-refractivity contribution >= 4 is 11.9 Å². The van der Waals surface area contributed by atoms with Crippen LogP contribution in [0.15, 0.2) is 24.3 Å². The Morgan fingerprint density at radius 2 is 0.618 bits per heavy atom. The SMILES string of the molecule is CCCCCCCCC/C=C\CCCCCCCCCC(=O)OCCCCCCCCCCCCCCCCCCCCCCCCCCCCC(=O)NC(CO)C(O)/C=C/CCCCCCCCCCCCCCC. The molecule has 6 heteroatoms. The molecule has 6 nitrogen and oxygen atoms in total. The van der Waals surface area contributed by atoms with E-state index in [-0.39, 0.29) is 18.5 Å². The zero-order valence-corrected chi connectivity index (χ0v) is 51.5. The van der Waals surface area contributed by atoms with Crippen molar-refractivity contribution in [3.63, 3.8) is 0 Å². The molecular formula is C70H135NO5. The molecule has 2 unspecified atom stereocenters. The van der Waals surface area contributed by atoms with Crippen LogP contribution in [-0.2, 0) is 14.3 Å². The molecule has 0 aromatic carbocycles. The van der Waals surface area contributed by atoms with Crippen LogP contribution < -0.4 is 5.32 Å². The molecule has 0 fully saturated rings.